The summed E-state index contributed by atoms with van der Waals surface area (Å²) in [4.78, 5) is 7.04. The van der Waals surface area contributed by atoms with Crippen LogP contribution >= 0.6 is 11.3 Å². The van der Waals surface area contributed by atoms with E-state index in [-0.39, 0.29) is 0 Å². The number of nitrogens with zero attached hydrogens (tertiary/aromatic N) is 4. The molecule has 2 saturated heterocycles. The molecule has 3 heterocycles. The monoisotopic (exact) mass is 392 g/mol. The fraction of sp³-hybridized carbons (Fsp3) is 0.500. The molecule has 0 bridgehead atoms. The van der Waals surface area contributed by atoms with E-state index in [4.69, 9.17) is 4.98 Å². The molecule has 0 atom stereocenters. The van der Waals surface area contributed by atoms with Crippen molar-refractivity contribution in [1.82, 2.24) is 18.5 Å². The van der Waals surface area contributed by atoms with Crippen molar-refractivity contribution in [3.05, 3.63) is 40.7 Å². The molecule has 140 valence electrons. The molecule has 2 fully saturated rings. The fourth-order valence-electron chi connectivity index (χ4n) is 3.52. The summed E-state index contributed by atoms with van der Waals surface area (Å²) < 4.78 is 28.6. The second-order valence-corrected chi connectivity index (χ2v) is 9.65. The van der Waals surface area contributed by atoms with Gasteiger partial charge in [0.05, 0.1) is 12.2 Å². The summed E-state index contributed by atoms with van der Waals surface area (Å²) in [6.07, 6.45) is 1.96. The van der Waals surface area contributed by atoms with Crippen molar-refractivity contribution in [3.8, 4) is 11.3 Å². The van der Waals surface area contributed by atoms with Crippen molar-refractivity contribution in [3.63, 3.8) is 0 Å². The minimum absolute atomic E-state index is 0.565. The average molecular weight is 393 g/mol. The topological polar surface area (TPSA) is 56.8 Å². The van der Waals surface area contributed by atoms with Crippen LogP contribution in [0.15, 0.2) is 35.7 Å². The number of hydrogen-bond donors (Lipinski definition) is 0. The van der Waals surface area contributed by atoms with Crippen LogP contribution in [-0.4, -0.2) is 66.2 Å². The Morgan fingerprint density at radius 1 is 0.923 bits per heavy atom. The van der Waals surface area contributed by atoms with Gasteiger partial charge < -0.3 is 0 Å². The van der Waals surface area contributed by atoms with Crippen LogP contribution in [0.4, 0.5) is 0 Å². The Hall–Kier alpha value is -1.32. The van der Waals surface area contributed by atoms with Crippen molar-refractivity contribution in [1.29, 1.82) is 0 Å². The van der Waals surface area contributed by atoms with E-state index in [0.717, 1.165) is 48.7 Å². The summed E-state index contributed by atoms with van der Waals surface area (Å²) in [6.45, 7) is 4.77. The zero-order chi connectivity index (χ0) is 18.0. The largest absolute Gasteiger partial charge is 0.294 e. The lowest BCUT2D eigenvalue weighted by Gasteiger charge is -2.35. The zero-order valence-corrected chi connectivity index (χ0v) is 16.4. The third-order valence-electron chi connectivity index (χ3n) is 5.03. The maximum absolute atomic E-state index is 12.6. The molecule has 2 aromatic rings. The molecule has 1 aromatic heterocycles. The lowest BCUT2D eigenvalue weighted by molar-refractivity contribution is 0.176. The summed E-state index contributed by atoms with van der Waals surface area (Å²) in [7, 11) is -3.26. The molecule has 0 aliphatic carbocycles. The molecule has 0 spiro atoms. The zero-order valence-electron chi connectivity index (χ0n) is 14.7. The minimum Gasteiger partial charge on any atom is -0.294 e. The average Bonchev–Trinajstić information content (AvgIpc) is 3.35. The van der Waals surface area contributed by atoms with Crippen LogP contribution in [0.2, 0.25) is 0 Å². The third kappa shape index (κ3) is 3.84. The van der Waals surface area contributed by atoms with Crippen molar-refractivity contribution < 1.29 is 8.42 Å². The smallest absolute Gasteiger partial charge is 0.282 e. The number of hydrogen-bond acceptors (Lipinski definition) is 5. The number of rotatable bonds is 5. The summed E-state index contributed by atoms with van der Waals surface area (Å²) in [5.41, 5.74) is 2.15. The standard InChI is InChI=1S/C18H24N4O2S2/c23-26(24,21-8-4-5-9-21)22-12-10-20(11-13-22)14-18-19-17(15-25-18)16-6-2-1-3-7-16/h1-3,6-7,15H,4-5,8-14H2. The maximum Gasteiger partial charge on any atom is 0.282 e. The van der Waals surface area contributed by atoms with Crippen LogP contribution in [-0.2, 0) is 16.8 Å². The fourth-order valence-corrected chi connectivity index (χ4v) is 6.03. The molecule has 0 saturated carbocycles. The summed E-state index contributed by atoms with van der Waals surface area (Å²) in [5, 5.41) is 3.18. The molecule has 26 heavy (non-hydrogen) atoms. The Morgan fingerprint density at radius 2 is 1.58 bits per heavy atom. The molecule has 0 amide bonds. The van der Waals surface area contributed by atoms with E-state index >= 15 is 0 Å². The predicted molar refractivity (Wildman–Crippen MR) is 104 cm³/mol. The minimum atomic E-state index is -3.26. The second-order valence-electron chi connectivity index (χ2n) is 6.78. The number of benzene rings is 1. The molecule has 0 radical (unpaired) electrons. The maximum atomic E-state index is 12.6. The first kappa shape index (κ1) is 18.1. The van der Waals surface area contributed by atoms with Gasteiger partial charge in [-0.2, -0.15) is 17.0 Å². The molecular weight excluding hydrogens is 368 g/mol. The van der Waals surface area contributed by atoms with E-state index in [9.17, 15) is 8.42 Å². The van der Waals surface area contributed by atoms with Crippen LogP contribution in [0.5, 0.6) is 0 Å². The van der Waals surface area contributed by atoms with Gasteiger partial charge in [-0.1, -0.05) is 30.3 Å². The van der Waals surface area contributed by atoms with Gasteiger partial charge in [0.25, 0.3) is 10.2 Å². The lowest BCUT2D eigenvalue weighted by atomic mass is 10.2. The second kappa shape index (κ2) is 7.74. The normalized spacial score (nSPS) is 20.6. The van der Waals surface area contributed by atoms with Gasteiger partial charge in [-0.3, -0.25) is 4.90 Å². The highest BCUT2D eigenvalue weighted by atomic mass is 32.2. The van der Waals surface area contributed by atoms with E-state index in [2.05, 4.69) is 22.4 Å². The SMILES string of the molecule is O=S(=O)(N1CCCC1)N1CCN(Cc2nc(-c3ccccc3)cs2)CC1. The van der Waals surface area contributed by atoms with Crippen LogP contribution in [0.25, 0.3) is 11.3 Å². The van der Waals surface area contributed by atoms with Gasteiger partial charge in [0.15, 0.2) is 0 Å². The van der Waals surface area contributed by atoms with Gasteiger partial charge in [-0.25, -0.2) is 4.98 Å². The van der Waals surface area contributed by atoms with Crippen molar-refractivity contribution in [2.24, 2.45) is 0 Å². The van der Waals surface area contributed by atoms with Crippen LogP contribution in [0, 0.1) is 0 Å². The predicted octanol–water partition coefficient (Wildman–Crippen LogP) is 2.27. The molecular formula is C18H24N4O2S2. The highest BCUT2D eigenvalue weighted by molar-refractivity contribution is 7.86. The van der Waals surface area contributed by atoms with Crippen molar-refractivity contribution in [2.45, 2.75) is 19.4 Å². The first-order valence-electron chi connectivity index (χ1n) is 9.10. The van der Waals surface area contributed by atoms with E-state index in [1.54, 1.807) is 19.9 Å². The molecule has 8 heteroatoms. The Bertz CT molecular complexity index is 824. The van der Waals surface area contributed by atoms with Crippen molar-refractivity contribution >= 4 is 21.5 Å². The highest BCUT2D eigenvalue weighted by Crippen LogP contribution is 2.23. The van der Waals surface area contributed by atoms with Gasteiger partial charge in [0.1, 0.15) is 5.01 Å². The van der Waals surface area contributed by atoms with E-state index in [1.165, 1.54) is 0 Å². The molecule has 4 rings (SSSR count). The number of piperazine rings is 1. The molecule has 0 N–H and O–H groups in total. The number of aromatic nitrogens is 1. The third-order valence-corrected chi connectivity index (χ3v) is 7.90. The Kier molecular flexibility index (Phi) is 5.37. The van der Waals surface area contributed by atoms with Crippen LogP contribution in [0.1, 0.15) is 17.8 Å². The Labute approximate surface area is 159 Å². The van der Waals surface area contributed by atoms with E-state index < -0.39 is 10.2 Å². The molecule has 2 aliphatic rings. The molecule has 6 nitrogen and oxygen atoms in total. The Balaban J connectivity index is 1.34. The van der Waals surface area contributed by atoms with Gasteiger partial charge in [-0.15, -0.1) is 11.3 Å². The summed E-state index contributed by atoms with van der Waals surface area (Å²) in [5.74, 6) is 0. The highest BCUT2D eigenvalue weighted by Gasteiger charge is 2.33. The lowest BCUT2D eigenvalue weighted by Crippen LogP contribution is -2.52. The van der Waals surface area contributed by atoms with E-state index in [1.807, 2.05) is 18.2 Å². The first-order valence-corrected chi connectivity index (χ1v) is 11.4. The molecule has 1 aromatic carbocycles. The van der Waals surface area contributed by atoms with Gasteiger partial charge >= 0.3 is 0 Å². The quantitative estimate of drug-likeness (QED) is 0.783. The summed E-state index contributed by atoms with van der Waals surface area (Å²) in [6, 6.07) is 10.2. The molecule has 0 unspecified atom stereocenters. The van der Waals surface area contributed by atoms with Crippen LogP contribution in [0.3, 0.4) is 0 Å². The van der Waals surface area contributed by atoms with Crippen molar-refractivity contribution in [2.75, 3.05) is 39.3 Å². The van der Waals surface area contributed by atoms with Gasteiger partial charge in [-0.05, 0) is 12.8 Å². The Morgan fingerprint density at radius 3 is 2.27 bits per heavy atom. The molecule has 2 aliphatic heterocycles. The summed E-state index contributed by atoms with van der Waals surface area (Å²) >= 11 is 1.67. The van der Waals surface area contributed by atoms with Crippen LogP contribution < -0.4 is 0 Å². The first-order chi connectivity index (χ1) is 12.6. The van der Waals surface area contributed by atoms with Gasteiger partial charge in [0, 0.05) is 50.2 Å². The number of thiazole rings is 1. The van der Waals surface area contributed by atoms with Gasteiger partial charge in [0.2, 0.25) is 0 Å². The van der Waals surface area contributed by atoms with E-state index in [0.29, 0.717) is 26.2 Å².